The van der Waals surface area contributed by atoms with Crippen molar-refractivity contribution in [3.63, 3.8) is 0 Å². The zero-order valence-electron chi connectivity index (χ0n) is 13.2. The topological polar surface area (TPSA) is 38.1 Å². The molecule has 0 bridgehead atoms. The molecule has 0 aliphatic rings. The second-order valence-corrected chi connectivity index (χ2v) is 6.24. The summed E-state index contributed by atoms with van der Waals surface area (Å²) in [7, 11) is 1.48. The van der Waals surface area contributed by atoms with E-state index in [-0.39, 0.29) is 5.56 Å². The minimum Gasteiger partial charge on any atom is -0.277 e. The minimum atomic E-state index is -0.643. The molecule has 3 rings (SSSR count). The van der Waals surface area contributed by atoms with Crippen LogP contribution in [0.15, 0.2) is 59.1 Å². The SMILES string of the molecule is Cc1nn(C)c(F)c1C(=O)N(c1ccccc1)c1ccc(Br)cc1. The highest BCUT2D eigenvalue weighted by Crippen LogP contribution is 2.29. The van der Waals surface area contributed by atoms with Gasteiger partial charge in [0.1, 0.15) is 5.56 Å². The molecule has 0 radical (unpaired) electrons. The summed E-state index contributed by atoms with van der Waals surface area (Å²) in [5, 5.41) is 4.00. The van der Waals surface area contributed by atoms with Crippen molar-refractivity contribution in [1.82, 2.24) is 9.78 Å². The van der Waals surface area contributed by atoms with Gasteiger partial charge in [-0.3, -0.25) is 9.69 Å². The second-order valence-electron chi connectivity index (χ2n) is 5.33. The highest BCUT2D eigenvalue weighted by molar-refractivity contribution is 9.10. The quantitative estimate of drug-likeness (QED) is 0.657. The first-order valence-electron chi connectivity index (χ1n) is 7.33. The predicted molar refractivity (Wildman–Crippen MR) is 95.0 cm³/mol. The molecule has 2 aromatic carbocycles. The molecule has 0 unspecified atom stereocenters. The number of para-hydroxylation sites is 1. The molecule has 122 valence electrons. The first-order chi connectivity index (χ1) is 11.5. The number of halogens is 2. The number of aryl methyl sites for hydroxylation is 2. The Kier molecular flexibility index (Phi) is 4.49. The average Bonchev–Trinajstić information content (AvgIpc) is 2.83. The van der Waals surface area contributed by atoms with E-state index in [9.17, 15) is 9.18 Å². The molecule has 3 aromatic rings. The highest BCUT2D eigenvalue weighted by Gasteiger charge is 2.27. The van der Waals surface area contributed by atoms with E-state index in [2.05, 4.69) is 21.0 Å². The molecule has 6 heteroatoms. The van der Waals surface area contributed by atoms with Crippen molar-refractivity contribution in [2.75, 3.05) is 4.90 Å². The Morgan fingerprint density at radius 2 is 1.67 bits per heavy atom. The van der Waals surface area contributed by atoms with Crippen LogP contribution in [0.2, 0.25) is 0 Å². The standard InChI is InChI=1S/C18H15BrFN3O/c1-12-16(17(20)22(2)21-12)18(24)23(14-6-4-3-5-7-14)15-10-8-13(19)9-11-15/h3-11H,1-2H3. The van der Waals surface area contributed by atoms with Gasteiger partial charge in [0.05, 0.1) is 5.69 Å². The summed E-state index contributed by atoms with van der Waals surface area (Å²) in [5.74, 6) is -1.10. The number of benzene rings is 2. The normalized spacial score (nSPS) is 10.7. The third-order valence-electron chi connectivity index (χ3n) is 3.67. The zero-order chi connectivity index (χ0) is 17.3. The summed E-state index contributed by atoms with van der Waals surface area (Å²) in [6.45, 7) is 1.63. The molecule has 0 N–H and O–H groups in total. The molecule has 0 spiro atoms. The lowest BCUT2D eigenvalue weighted by Gasteiger charge is -2.23. The van der Waals surface area contributed by atoms with Gasteiger partial charge in [0.15, 0.2) is 0 Å². The largest absolute Gasteiger partial charge is 0.277 e. The van der Waals surface area contributed by atoms with E-state index >= 15 is 0 Å². The molecule has 24 heavy (non-hydrogen) atoms. The van der Waals surface area contributed by atoms with Gasteiger partial charge in [0.2, 0.25) is 5.95 Å². The van der Waals surface area contributed by atoms with Gasteiger partial charge in [-0.2, -0.15) is 9.49 Å². The van der Waals surface area contributed by atoms with Gasteiger partial charge in [-0.05, 0) is 43.3 Å². The molecule has 0 saturated heterocycles. The van der Waals surface area contributed by atoms with Gasteiger partial charge in [-0.1, -0.05) is 34.1 Å². The van der Waals surface area contributed by atoms with Crippen LogP contribution in [0.1, 0.15) is 16.1 Å². The van der Waals surface area contributed by atoms with Crippen molar-refractivity contribution in [1.29, 1.82) is 0 Å². The first-order valence-corrected chi connectivity index (χ1v) is 8.12. The highest BCUT2D eigenvalue weighted by atomic mass is 79.9. The molecule has 0 atom stereocenters. The number of hydrogen-bond donors (Lipinski definition) is 0. The van der Waals surface area contributed by atoms with Gasteiger partial charge in [0.25, 0.3) is 5.91 Å². The smallest absolute Gasteiger partial charge is 0.269 e. The number of anilines is 2. The van der Waals surface area contributed by atoms with Gasteiger partial charge >= 0.3 is 0 Å². The molecule has 4 nitrogen and oxygen atoms in total. The Morgan fingerprint density at radius 1 is 1.08 bits per heavy atom. The molecule has 0 fully saturated rings. The van der Waals surface area contributed by atoms with Crippen LogP contribution >= 0.6 is 15.9 Å². The number of carbonyl (C=O) groups is 1. The Hall–Kier alpha value is -2.47. The van der Waals surface area contributed by atoms with E-state index in [1.807, 2.05) is 42.5 Å². The van der Waals surface area contributed by atoms with E-state index in [1.54, 1.807) is 19.1 Å². The van der Waals surface area contributed by atoms with Crippen molar-refractivity contribution in [2.24, 2.45) is 7.05 Å². The molecule has 1 amide bonds. The van der Waals surface area contributed by atoms with Crippen LogP contribution in [0.25, 0.3) is 0 Å². The van der Waals surface area contributed by atoms with Crippen LogP contribution in [0.3, 0.4) is 0 Å². The maximum Gasteiger partial charge on any atom is 0.269 e. The zero-order valence-corrected chi connectivity index (χ0v) is 14.8. The van der Waals surface area contributed by atoms with E-state index in [0.29, 0.717) is 17.1 Å². The van der Waals surface area contributed by atoms with E-state index < -0.39 is 11.9 Å². The lowest BCUT2D eigenvalue weighted by atomic mass is 10.1. The van der Waals surface area contributed by atoms with Crippen molar-refractivity contribution < 1.29 is 9.18 Å². The number of amides is 1. The molecule has 1 heterocycles. The fraction of sp³-hybridized carbons (Fsp3) is 0.111. The molecule has 0 saturated carbocycles. The van der Waals surface area contributed by atoms with Crippen LogP contribution in [-0.2, 0) is 7.05 Å². The fourth-order valence-corrected chi connectivity index (χ4v) is 2.80. The van der Waals surface area contributed by atoms with E-state index in [0.717, 1.165) is 9.15 Å². The number of aromatic nitrogens is 2. The van der Waals surface area contributed by atoms with E-state index in [4.69, 9.17) is 0 Å². The van der Waals surface area contributed by atoms with Gasteiger partial charge < -0.3 is 0 Å². The summed E-state index contributed by atoms with van der Waals surface area (Å²) in [6, 6.07) is 16.4. The number of rotatable bonds is 3. The second kappa shape index (κ2) is 6.57. The maximum atomic E-state index is 14.4. The summed E-state index contributed by atoms with van der Waals surface area (Å²) in [5.41, 5.74) is 1.65. The van der Waals surface area contributed by atoms with Crippen LogP contribution in [0, 0.1) is 12.9 Å². The lowest BCUT2D eigenvalue weighted by Crippen LogP contribution is -2.27. The third kappa shape index (κ3) is 2.97. The Balaban J connectivity index is 2.14. The minimum absolute atomic E-state index is 0.0238. The first kappa shape index (κ1) is 16.4. The third-order valence-corrected chi connectivity index (χ3v) is 4.20. The molecular formula is C18H15BrFN3O. The van der Waals surface area contributed by atoms with Crippen LogP contribution < -0.4 is 4.90 Å². The molecule has 1 aromatic heterocycles. The molecule has 0 aliphatic heterocycles. The Labute approximate surface area is 147 Å². The number of carbonyl (C=O) groups excluding carboxylic acids is 1. The predicted octanol–water partition coefficient (Wildman–Crippen LogP) is 4.61. The van der Waals surface area contributed by atoms with Crippen molar-refractivity contribution in [3.05, 3.63) is 76.3 Å². The van der Waals surface area contributed by atoms with Gasteiger partial charge in [-0.25, -0.2) is 4.68 Å². The lowest BCUT2D eigenvalue weighted by molar-refractivity contribution is 0.0994. The van der Waals surface area contributed by atoms with E-state index in [1.165, 1.54) is 11.9 Å². The van der Waals surface area contributed by atoms with Crippen LogP contribution in [0.5, 0.6) is 0 Å². The summed E-state index contributed by atoms with van der Waals surface area (Å²) >= 11 is 3.38. The maximum absolute atomic E-state index is 14.4. The average molecular weight is 388 g/mol. The Bertz CT molecular complexity index is 875. The monoisotopic (exact) mass is 387 g/mol. The number of nitrogens with zero attached hydrogens (tertiary/aromatic N) is 3. The van der Waals surface area contributed by atoms with Crippen molar-refractivity contribution in [2.45, 2.75) is 6.92 Å². The van der Waals surface area contributed by atoms with Crippen molar-refractivity contribution in [3.8, 4) is 0 Å². The van der Waals surface area contributed by atoms with Crippen LogP contribution in [-0.4, -0.2) is 15.7 Å². The van der Waals surface area contributed by atoms with Gasteiger partial charge in [0, 0.05) is 22.9 Å². The molecule has 0 aliphatic carbocycles. The molecular weight excluding hydrogens is 373 g/mol. The summed E-state index contributed by atoms with van der Waals surface area (Å²) in [6.07, 6.45) is 0. The number of hydrogen-bond acceptors (Lipinski definition) is 2. The fourth-order valence-electron chi connectivity index (χ4n) is 2.54. The summed E-state index contributed by atoms with van der Waals surface area (Å²) < 4.78 is 16.3. The summed E-state index contributed by atoms with van der Waals surface area (Å²) in [4.78, 5) is 14.6. The van der Waals surface area contributed by atoms with Gasteiger partial charge in [-0.15, -0.1) is 0 Å². The van der Waals surface area contributed by atoms with Crippen LogP contribution in [0.4, 0.5) is 15.8 Å². The Morgan fingerprint density at radius 3 is 2.21 bits per heavy atom. The van der Waals surface area contributed by atoms with Crippen molar-refractivity contribution >= 4 is 33.2 Å².